The summed E-state index contributed by atoms with van der Waals surface area (Å²) in [5.41, 5.74) is 0.983. The van der Waals surface area contributed by atoms with Gasteiger partial charge in [0.25, 0.3) is 0 Å². The molecule has 4 rings (SSSR count). The van der Waals surface area contributed by atoms with E-state index in [0.717, 1.165) is 37.7 Å². The maximum atomic E-state index is 4.71. The van der Waals surface area contributed by atoms with Crippen LogP contribution < -0.4 is 4.90 Å². The molecule has 1 aliphatic rings. The van der Waals surface area contributed by atoms with E-state index < -0.39 is 0 Å². The van der Waals surface area contributed by atoms with Crippen LogP contribution in [0.2, 0.25) is 0 Å². The van der Waals surface area contributed by atoms with Crippen LogP contribution in [0.4, 0.5) is 5.95 Å². The van der Waals surface area contributed by atoms with Crippen molar-refractivity contribution < 1.29 is 0 Å². The van der Waals surface area contributed by atoms with Gasteiger partial charge in [0.15, 0.2) is 5.82 Å². The Labute approximate surface area is 140 Å². The fourth-order valence-corrected chi connectivity index (χ4v) is 2.71. The number of benzene rings is 1. The smallest absolute Gasteiger partial charge is 0.240 e. The van der Waals surface area contributed by atoms with Gasteiger partial charge in [0, 0.05) is 44.1 Å². The monoisotopic (exact) mass is 321 g/mol. The number of likely N-dealkylation sites (N-methyl/N-ethyl adjacent to an activating group) is 1. The zero-order chi connectivity index (χ0) is 16.4. The number of nitrogens with zero attached hydrogens (tertiary/aromatic N) is 7. The molecule has 1 aliphatic heterocycles. The highest BCUT2D eigenvalue weighted by molar-refractivity contribution is 5.57. The zero-order valence-corrected chi connectivity index (χ0v) is 13.6. The predicted octanol–water partition coefficient (Wildman–Crippen LogP) is 1.48. The fourth-order valence-electron chi connectivity index (χ4n) is 2.71. The van der Waals surface area contributed by atoms with Gasteiger partial charge in [-0.05, 0) is 7.05 Å². The van der Waals surface area contributed by atoms with E-state index in [-0.39, 0.29) is 0 Å². The molecular formula is C17H19N7. The lowest BCUT2D eigenvalue weighted by Gasteiger charge is -2.32. The van der Waals surface area contributed by atoms with E-state index in [0.29, 0.717) is 11.8 Å². The average molecular weight is 321 g/mol. The first-order valence-electron chi connectivity index (χ1n) is 8.03. The lowest BCUT2D eigenvalue weighted by atomic mass is 10.2. The lowest BCUT2D eigenvalue weighted by molar-refractivity contribution is 0.311. The summed E-state index contributed by atoms with van der Waals surface area (Å²) in [6.45, 7) is 3.84. The van der Waals surface area contributed by atoms with Crippen LogP contribution in [0.5, 0.6) is 0 Å². The van der Waals surface area contributed by atoms with Crippen molar-refractivity contribution >= 4 is 5.95 Å². The van der Waals surface area contributed by atoms with E-state index in [1.54, 1.807) is 12.5 Å². The Hall–Kier alpha value is -2.80. The molecule has 7 heteroatoms. The Balaban J connectivity index is 1.77. The topological polar surface area (TPSA) is 63.0 Å². The molecule has 7 nitrogen and oxygen atoms in total. The second-order valence-electron chi connectivity index (χ2n) is 5.89. The number of hydrogen-bond acceptors (Lipinski definition) is 6. The average Bonchev–Trinajstić information content (AvgIpc) is 3.17. The van der Waals surface area contributed by atoms with Gasteiger partial charge in [0.05, 0.1) is 0 Å². The van der Waals surface area contributed by atoms with Crippen LogP contribution in [0.3, 0.4) is 0 Å². The Kier molecular flexibility index (Phi) is 3.92. The molecule has 122 valence electrons. The molecule has 0 aliphatic carbocycles. The van der Waals surface area contributed by atoms with E-state index in [2.05, 4.69) is 31.8 Å². The van der Waals surface area contributed by atoms with E-state index >= 15 is 0 Å². The highest BCUT2D eigenvalue weighted by atomic mass is 15.3. The van der Waals surface area contributed by atoms with Crippen molar-refractivity contribution in [2.24, 2.45) is 0 Å². The summed E-state index contributed by atoms with van der Waals surface area (Å²) in [7, 11) is 2.14. The molecule has 2 aromatic heterocycles. The van der Waals surface area contributed by atoms with Gasteiger partial charge in [-0.25, -0.2) is 4.98 Å². The first-order chi connectivity index (χ1) is 11.8. The Morgan fingerprint density at radius 1 is 0.875 bits per heavy atom. The third kappa shape index (κ3) is 2.98. The maximum Gasteiger partial charge on any atom is 0.240 e. The first kappa shape index (κ1) is 14.8. The van der Waals surface area contributed by atoms with Crippen LogP contribution in [0, 0.1) is 0 Å². The Bertz CT molecular complexity index is 793. The summed E-state index contributed by atoms with van der Waals surface area (Å²) in [5, 5.41) is 0. The maximum absolute atomic E-state index is 4.71. The van der Waals surface area contributed by atoms with Crippen molar-refractivity contribution in [3.8, 4) is 17.3 Å². The first-order valence-corrected chi connectivity index (χ1v) is 8.03. The minimum absolute atomic E-state index is 0.593. The third-order valence-corrected chi connectivity index (χ3v) is 4.17. The van der Waals surface area contributed by atoms with Crippen LogP contribution in [-0.2, 0) is 0 Å². The SMILES string of the molecule is CN1CCN(c2nc(-c3ccccc3)nc(-n3ccnc3)n2)CC1. The fraction of sp³-hybridized carbons (Fsp3) is 0.294. The number of imidazole rings is 1. The van der Waals surface area contributed by atoms with E-state index in [4.69, 9.17) is 4.98 Å². The molecule has 0 radical (unpaired) electrons. The number of anilines is 1. The highest BCUT2D eigenvalue weighted by Crippen LogP contribution is 2.20. The Morgan fingerprint density at radius 2 is 1.62 bits per heavy atom. The summed E-state index contributed by atoms with van der Waals surface area (Å²) in [4.78, 5) is 22.6. The van der Waals surface area contributed by atoms with E-state index in [1.807, 2.05) is 41.1 Å². The molecule has 0 amide bonds. The van der Waals surface area contributed by atoms with Gasteiger partial charge in [-0.15, -0.1) is 0 Å². The van der Waals surface area contributed by atoms with Crippen molar-refractivity contribution in [2.45, 2.75) is 0 Å². The molecule has 3 aromatic rings. The van der Waals surface area contributed by atoms with Gasteiger partial charge in [0.1, 0.15) is 6.33 Å². The van der Waals surface area contributed by atoms with Gasteiger partial charge >= 0.3 is 0 Å². The minimum Gasteiger partial charge on any atom is -0.338 e. The summed E-state index contributed by atoms with van der Waals surface area (Å²) in [5.74, 6) is 2.00. The minimum atomic E-state index is 0.593. The van der Waals surface area contributed by atoms with Crippen molar-refractivity contribution in [3.63, 3.8) is 0 Å². The lowest BCUT2D eigenvalue weighted by Crippen LogP contribution is -2.45. The van der Waals surface area contributed by atoms with Gasteiger partial charge in [-0.1, -0.05) is 30.3 Å². The van der Waals surface area contributed by atoms with Crippen LogP contribution in [0.25, 0.3) is 17.3 Å². The molecule has 1 saturated heterocycles. The van der Waals surface area contributed by atoms with Crippen molar-refractivity contribution in [3.05, 3.63) is 49.1 Å². The predicted molar refractivity (Wildman–Crippen MR) is 92.1 cm³/mol. The van der Waals surface area contributed by atoms with Gasteiger partial charge in [-0.2, -0.15) is 15.0 Å². The molecule has 0 saturated carbocycles. The number of aromatic nitrogens is 5. The molecule has 1 fully saturated rings. The summed E-state index contributed by atoms with van der Waals surface area (Å²) in [6.07, 6.45) is 5.28. The second kappa shape index (κ2) is 6.37. The van der Waals surface area contributed by atoms with Gasteiger partial charge in [-0.3, -0.25) is 4.57 Å². The molecule has 0 atom stereocenters. The van der Waals surface area contributed by atoms with Crippen LogP contribution >= 0.6 is 0 Å². The number of piperazine rings is 1. The summed E-state index contributed by atoms with van der Waals surface area (Å²) < 4.78 is 1.81. The third-order valence-electron chi connectivity index (χ3n) is 4.17. The quantitative estimate of drug-likeness (QED) is 0.728. The molecule has 0 N–H and O–H groups in total. The van der Waals surface area contributed by atoms with E-state index in [1.165, 1.54) is 0 Å². The standard InChI is InChI=1S/C17H19N7/c1-22-9-11-23(12-10-22)16-19-15(14-5-3-2-4-6-14)20-17(21-16)24-8-7-18-13-24/h2-8,13H,9-12H2,1H3. The second-order valence-corrected chi connectivity index (χ2v) is 5.89. The van der Waals surface area contributed by atoms with Gasteiger partial charge in [0.2, 0.25) is 11.9 Å². The normalized spacial score (nSPS) is 15.6. The van der Waals surface area contributed by atoms with Gasteiger partial charge < -0.3 is 9.80 Å². The van der Waals surface area contributed by atoms with Crippen LogP contribution in [0.15, 0.2) is 49.1 Å². The molecule has 3 heterocycles. The van der Waals surface area contributed by atoms with Crippen molar-refractivity contribution in [2.75, 3.05) is 38.1 Å². The van der Waals surface area contributed by atoms with Crippen molar-refractivity contribution in [1.29, 1.82) is 0 Å². The Morgan fingerprint density at radius 3 is 2.33 bits per heavy atom. The molecule has 0 bridgehead atoms. The summed E-state index contributed by atoms with van der Waals surface area (Å²) >= 11 is 0. The largest absolute Gasteiger partial charge is 0.338 e. The highest BCUT2D eigenvalue weighted by Gasteiger charge is 2.19. The van der Waals surface area contributed by atoms with Crippen LogP contribution in [0.1, 0.15) is 0 Å². The zero-order valence-electron chi connectivity index (χ0n) is 13.6. The van der Waals surface area contributed by atoms with Crippen LogP contribution in [-0.4, -0.2) is 62.6 Å². The summed E-state index contributed by atoms with van der Waals surface area (Å²) in [6, 6.07) is 10.0. The molecule has 1 aromatic carbocycles. The van der Waals surface area contributed by atoms with Crippen molar-refractivity contribution in [1.82, 2.24) is 29.4 Å². The number of rotatable bonds is 3. The molecule has 0 unspecified atom stereocenters. The molecule has 24 heavy (non-hydrogen) atoms. The molecule has 0 spiro atoms. The van der Waals surface area contributed by atoms with E-state index in [9.17, 15) is 0 Å². The molecular weight excluding hydrogens is 302 g/mol. The number of hydrogen-bond donors (Lipinski definition) is 0.